The highest BCUT2D eigenvalue weighted by Crippen LogP contribution is 2.15. The number of benzene rings is 1. The summed E-state index contributed by atoms with van der Waals surface area (Å²) < 4.78 is 19.0. The predicted octanol–water partition coefficient (Wildman–Crippen LogP) is 2.74. The van der Waals surface area contributed by atoms with Gasteiger partial charge in [-0.1, -0.05) is 15.9 Å². The van der Waals surface area contributed by atoms with Crippen LogP contribution in [0.4, 0.5) is 4.39 Å². The van der Waals surface area contributed by atoms with Gasteiger partial charge < -0.3 is 10.1 Å². The third-order valence-electron chi connectivity index (χ3n) is 2.31. The zero-order valence-corrected chi connectivity index (χ0v) is 11.4. The Hall–Kier alpha value is -0.940. The van der Waals surface area contributed by atoms with Gasteiger partial charge in [0, 0.05) is 24.2 Å². The largest absolute Gasteiger partial charge is 0.385 e. The molecule has 3 nitrogen and oxygen atoms in total. The summed E-state index contributed by atoms with van der Waals surface area (Å²) >= 11 is 3.21. The monoisotopic (exact) mass is 303 g/mol. The van der Waals surface area contributed by atoms with E-state index in [9.17, 15) is 9.18 Å². The maximum atomic E-state index is 13.4. The molecule has 1 N–H and O–H groups in total. The average molecular weight is 304 g/mol. The van der Waals surface area contributed by atoms with Crippen LogP contribution in [0.15, 0.2) is 22.7 Å². The van der Waals surface area contributed by atoms with Crippen LogP contribution < -0.4 is 5.32 Å². The van der Waals surface area contributed by atoms with Crippen molar-refractivity contribution in [3.63, 3.8) is 0 Å². The molecule has 5 heteroatoms. The van der Waals surface area contributed by atoms with Gasteiger partial charge in [-0.15, -0.1) is 0 Å². The number of ether oxygens (including phenoxy) is 1. The van der Waals surface area contributed by atoms with Gasteiger partial charge in [-0.25, -0.2) is 4.39 Å². The van der Waals surface area contributed by atoms with Crippen LogP contribution in [0.5, 0.6) is 0 Å². The van der Waals surface area contributed by atoms with Gasteiger partial charge in [0.15, 0.2) is 0 Å². The van der Waals surface area contributed by atoms with E-state index in [1.165, 1.54) is 12.1 Å². The van der Waals surface area contributed by atoms with Gasteiger partial charge in [0.25, 0.3) is 5.91 Å². The first-order chi connectivity index (χ1) is 8.04. The smallest absolute Gasteiger partial charge is 0.254 e. The summed E-state index contributed by atoms with van der Waals surface area (Å²) in [6.07, 6.45) is 0.692. The zero-order valence-electron chi connectivity index (χ0n) is 9.80. The van der Waals surface area contributed by atoms with E-state index in [4.69, 9.17) is 4.74 Å². The van der Waals surface area contributed by atoms with Crippen LogP contribution in [0, 0.1) is 5.82 Å². The Kier molecular flexibility index (Phi) is 5.58. The van der Waals surface area contributed by atoms with Crippen LogP contribution >= 0.6 is 15.9 Å². The number of carbonyl (C=O) groups is 1. The van der Waals surface area contributed by atoms with E-state index in [-0.39, 0.29) is 11.6 Å². The Labute approximate surface area is 108 Å². The molecule has 1 unspecified atom stereocenters. The van der Waals surface area contributed by atoms with Crippen molar-refractivity contribution in [3.05, 3.63) is 34.1 Å². The molecule has 0 saturated carbocycles. The number of rotatable bonds is 5. The summed E-state index contributed by atoms with van der Waals surface area (Å²) in [5.74, 6) is -0.933. The van der Waals surface area contributed by atoms with Crippen LogP contribution in [-0.2, 0) is 4.74 Å². The second kappa shape index (κ2) is 6.71. The molecule has 1 rings (SSSR count). The van der Waals surface area contributed by atoms with E-state index >= 15 is 0 Å². The maximum absolute atomic E-state index is 13.4. The molecule has 1 aromatic rings. The Morgan fingerprint density at radius 1 is 1.59 bits per heavy atom. The van der Waals surface area contributed by atoms with Crippen LogP contribution in [0.2, 0.25) is 0 Å². The lowest BCUT2D eigenvalue weighted by Gasteiger charge is -2.13. The minimum atomic E-state index is -0.523. The van der Waals surface area contributed by atoms with Gasteiger partial charge in [0.2, 0.25) is 0 Å². The first kappa shape index (κ1) is 14.1. The van der Waals surface area contributed by atoms with Crippen LogP contribution in [-0.4, -0.2) is 25.7 Å². The number of hydrogen-bond acceptors (Lipinski definition) is 2. The molecule has 0 aliphatic carbocycles. The summed E-state index contributed by atoms with van der Waals surface area (Å²) in [7, 11) is 1.60. The normalized spacial score (nSPS) is 12.2. The summed E-state index contributed by atoms with van der Waals surface area (Å²) in [4.78, 5) is 11.8. The Morgan fingerprint density at radius 3 is 2.94 bits per heavy atom. The summed E-state index contributed by atoms with van der Waals surface area (Å²) in [5, 5.41) is 2.72. The first-order valence-corrected chi connectivity index (χ1v) is 6.08. The summed E-state index contributed by atoms with van der Waals surface area (Å²) in [5.41, 5.74) is 0.0450. The van der Waals surface area contributed by atoms with E-state index in [0.29, 0.717) is 17.5 Å². The van der Waals surface area contributed by atoms with E-state index in [2.05, 4.69) is 21.2 Å². The quantitative estimate of drug-likeness (QED) is 0.908. The van der Waals surface area contributed by atoms with Crippen molar-refractivity contribution in [2.45, 2.75) is 19.4 Å². The fourth-order valence-electron chi connectivity index (χ4n) is 1.34. The Morgan fingerprint density at radius 2 is 2.29 bits per heavy atom. The molecule has 0 saturated heterocycles. The zero-order chi connectivity index (χ0) is 12.8. The number of amides is 1. The van der Waals surface area contributed by atoms with Crippen molar-refractivity contribution < 1.29 is 13.9 Å². The molecular weight excluding hydrogens is 289 g/mol. The summed E-state index contributed by atoms with van der Waals surface area (Å²) in [6, 6.07) is 4.23. The van der Waals surface area contributed by atoms with Crippen molar-refractivity contribution in [1.29, 1.82) is 0 Å². The maximum Gasteiger partial charge on any atom is 0.254 e. The van der Waals surface area contributed by atoms with Crippen LogP contribution in [0.25, 0.3) is 0 Å². The predicted molar refractivity (Wildman–Crippen MR) is 67.5 cm³/mol. The molecule has 0 aromatic heterocycles. The minimum Gasteiger partial charge on any atom is -0.385 e. The van der Waals surface area contributed by atoms with Crippen molar-refractivity contribution in [1.82, 2.24) is 5.32 Å². The van der Waals surface area contributed by atoms with Crippen LogP contribution in [0.1, 0.15) is 23.7 Å². The average Bonchev–Trinajstić information content (AvgIpc) is 2.29. The van der Waals surface area contributed by atoms with Gasteiger partial charge >= 0.3 is 0 Å². The molecule has 0 bridgehead atoms. The Balaban J connectivity index is 2.66. The number of methoxy groups -OCH3 is 1. The van der Waals surface area contributed by atoms with Gasteiger partial charge in [-0.3, -0.25) is 4.79 Å². The highest BCUT2D eigenvalue weighted by Gasteiger charge is 2.14. The lowest BCUT2D eigenvalue weighted by molar-refractivity contribution is 0.0925. The molecule has 1 atom stereocenters. The number of halogens is 2. The topological polar surface area (TPSA) is 38.3 Å². The molecule has 0 spiro atoms. The van der Waals surface area contributed by atoms with Crippen molar-refractivity contribution in [2.24, 2.45) is 0 Å². The minimum absolute atomic E-state index is 0.0450. The molecule has 0 radical (unpaired) electrons. The summed E-state index contributed by atoms with van der Waals surface area (Å²) in [6.45, 7) is 2.41. The second-order valence-electron chi connectivity index (χ2n) is 3.78. The molecule has 94 valence electrons. The third-order valence-corrected chi connectivity index (χ3v) is 2.80. The highest BCUT2D eigenvalue weighted by atomic mass is 79.9. The molecule has 1 aromatic carbocycles. The number of nitrogens with one attached hydrogen (secondary N) is 1. The molecule has 0 aliphatic rings. The molecule has 0 fully saturated rings. The lowest BCUT2D eigenvalue weighted by atomic mass is 10.1. The fraction of sp³-hybridized carbons (Fsp3) is 0.417. The third kappa shape index (κ3) is 4.44. The van der Waals surface area contributed by atoms with E-state index in [0.717, 1.165) is 0 Å². The van der Waals surface area contributed by atoms with Crippen molar-refractivity contribution in [3.8, 4) is 0 Å². The van der Waals surface area contributed by atoms with Crippen molar-refractivity contribution >= 4 is 21.8 Å². The number of hydrogen-bond donors (Lipinski definition) is 1. The van der Waals surface area contributed by atoms with Gasteiger partial charge in [0.1, 0.15) is 5.82 Å². The molecule has 17 heavy (non-hydrogen) atoms. The standard InChI is InChI=1S/C12H15BrFNO2/c1-8(5-6-17-2)15-12(16)10-7-9(13)3-4-11(10)14/h3-4,7-8H,5-6H2,1-2H3,(H,15,16). The van der Waals surface area contributed by atoms with Crippen molar-refractivity contribution in [2.75, 3.05) is 13.7 Å². The van der Waals surface area contributed by atoms with Gasteiger partial charge in [-0.2, -0.15) is 0 Å². The SMILES string of the molecule is COCCC(C)NC(=O)c1cc(Br)ccc1F. The fourth-order valence-corrected chi connectivity index (χ4v) is 1.70. The number of carbonyl (C=O) groups excluding carboxylic acids is 1. The second-order valence-corrected chi connectivity index (χ2v) is 4.70. The van der Waals surface area contributed by atoms with E-state index in [1.807, 2.05) is 6.92 Å². The lowest BCUT2D eigenvalue weighted by Crippen LogP contribution is -2.33. The molecular formula is C12H15BrFNO2. The molecule has 1 amide bonds. The van der Waals surface area contributed by atoms with Gasteiger partial charge in [0.05, 0.1) is 5.56 Å². The van der Waals surface area contributed by atoms with Crippen LogP contribution in [0.3, 0.4) is 0 Å². The molecule has 0 heterocycles. The highest BCUT2D eigenvalue weighted by molar-refractivity contribution is 9.10. The Bertz CT molecular complexity index is 398. The first-order valence-electron chi connectivity index (χ1n) is 5.29. The van der Waals surface area contributed by atoms with E-state index < -0.39 is 11.7 Å². The molecule has 0 aliphatic heterocycles. The van der Waals surface area contributed by atoms with E-state index in [1.54, 1.807) is 13.2 Å². The van der Waals surface area contributed by atoms with Gasteiger partial charge in [-0.05, 0) is 31.5 Å².